The summed E-state index contributed by atoms with van der Waals surface area (Å²) in [5.74, 6) is 0. The molecule has 5 aromatic rings. The quantitative estimate of drug-likeness (QED) is 0.353. The first kappa shape index (κ1) is 17.7. The molecule has 1 atom stereocenters. The number of hydrogen-bond donors (Lipinski definition) is 2. The molecule has 6 rings (SSSR count). The highest BCUT2D eigenvalue weighted by Crippen LogP contribution is 2.41. The molecule has 148 valence electrons. The number of nitrogens with one attached hydrogen (secondary N) is 2. The average Bonchev–Trinajstić information content (AvgIpc) is 3.23. The zero-order chi connectivity index (χ0) is 20.7. The summed E-state index contributed by atoms with van der Waals surface area (Å²) >= 11 is 0. The Morgan fingerprint density at radius 2 is 1.32 bits per heavy atom. The summed E-state index contributed by atoms with van der Waals surface area (Å²) in [6.45, 7) is 0. The minimum Gasteiger partial charge on any atom is -0.355 e. The summed E-state index contributed by atoms with van der Waals surface area (Å²) in [6.07, 6.45) is 2.18. The third kappa shape index (κ3) is 2.84. The van der Waals surface area contributed by atoms with Crippen molar-refractivity contribution in [3.8, 4) is 0 Å². The number of hydrogen-bond acceptors (Lipinski definition) is 3. The van der Waals surface area contributed by atoms with Crippen LogP contribution in [0.2, 0.25) is 0 Å². The van der Waals surface area contributed by atoms with Gasteiger partial charge in [-0.1, -0.05) is 90.2 Å². The molecule has 31 heavy (non-hydrogen) atoms. The average molecular weight is 400 g/mol. The van der Waals surface area contributed by atoms with Crippen molar-refractivity contribution in [2.75, 3.05) is 0 Å². The standard InChI is InChI=1S/C27H20N4/c1-3-9-19(10-4-1)26-18-27(30-31-29-26,20-11-5-2-6-12-20)21-15-16-25-23(17-21)22-13-7-8-14-24(22)28-25/h1-18,28H,(H,29,30). The van der Waals surface area contributed by atoms with Gasteiger partial charge in [0.2, 0.25) is 0 Å². The molecule has 0 spiro atoms. The predicted molar refractivity (Wildman–Crippen MR) is 125 cm³/mol. The van der Waals surface area contributed by atoms with Crippen molar-refractivity contribution >= 4 is 27.5 Å². The Kier molecular flexibility index (Phi) is 3.96. The summed E-state index contributed by atoms with van der Waals surface area (Å²) in [4.78, 5) is 3.51. The zero-order valence-corrected chi connectivity index (χ0v) is 16.8. The van der Waals surface area contributed by atoms with Gasteiger partial charge in [-0.05, 0) is 41.0 Å². The van der Waals surface area contributed by atoms with Gasteiger partial charge in [-0.2, -0.15) is 0 Å². The fraction of sp³-hybridized carbons (Fsp3) is 0.0370. The van der Waals surface area contributed by atoms with Crippen LogP contribution in [-0.4, -0.2) is 4.98 Å². The van der Waals surface area contributed by atoms with Crippen LogP contribution in [0.4, 0.5) is 0 Å². The molecule has 4 aromatic carbocycles. The number of aromatic nitrogens is 1. The Hall–Kier alpha value is -4.18. The van der Waals surface area contributed by atoms with E-state index >= 15 is 0 Å². The van der Waals surface area contributed by atoms with Gasteiger partial charge in [-0.3, -0.25) is 5.43 Å². The number of aromatic amines is 1. The van der Waals surface area contributed by atoms with Gasteiger partial charge in [0, 0.05) is 21.8 Å². The van der Waals surface area contributed by atoms with Gasteiger partial charge in [-0.15, -0.1) is 5.11 Å². The van der Waals surface area contributed by atoms with E-state index in [9.17, 15) is 0 Å². The smallest absolute Gasteiger partial charge is 0.154 e. The Balaban J connectivity index is 1.62. The van der Waals surface area contributed by atoms with Gasteiger partial charge in [0.25, 0.3) is 0 Å². The molecule has 0 saturated heterocycles. The Morgan fingerprint density at radius 3 is 2.16 bits per heavy atom. The van der Waals surface area contributed by atoms with E-state index in [1.807, 2.05) is 24.3 Å². The van der Waals surface area contributed by atoms with Gasteiger partial charge in [-0.25, -0.2) is 0 Å². The van der Waals surface area contributed by atoms with Crippen LogP contribution in [0.1, 0.15) is 16.7 Å². The summed E-state index contributed by atoms with van der Waals surface area (Å²) in [5.41, 5.74) is 8.82. The lowest BCUT2D eigenvalue weighted by atomic mass is 9.81. The van der Waals surface area contributed by atoms with Gasteiger partial charge in [0.1, 0.15) is 0 Å². The van der Waals surface area contributed by atoms with Gasteiger partial charge >= 0.3 is 0 Å². The summed E-state index contributed by atoms with van der Waals surface area (Å²) in [7, 11) is 0. The van der Waals surface area contributed by atoms with E-state index in [0.29, 0.717) is 0 Å². The lowest BCUT2D eigenvalue weighted by Crippen LogP contribution is -2.28. The van der Waals surface area contributed by atoms with Crippen LogP contribution in [0.15, 0.2) is 120 Å². The summed E-state index contributed by atoms with van der Waals surface area (Å²) < 4.78 is 0. The normalized spacial score (nSPS) is 18.1. The highest BCUT2D eigenvalue weighted by atomic mass is 15.4. The number of H-pyrrole nitrogens is 1. The second kappa shape index (κ2) is 6.96. The first-order valence-corrected chi connectivity index (χ1v) is 10.4. The van der Waals surface area contributed by atoms with Crippen LogP contribution in [0.3, 0.4) is 0 Å². The van der Waals surface area contributed by atoms with Crippen molar-refractivity contribution < 1.29 is 0 Å². The second-order valence-electron chi connectivity index (χ2n) is 7.80. The van der Waals surface area contributed by atoms with Gasteiger partial charge in [0.15, 0.2) is 5.54 Å². The molecule has 0 amide bonds. The molecule has 0 aliphatic carbocycles. The lowest BCUT2D eigenvalue weighted by molar-refractivity contribution is 0.584. The minimum absolute atomic E-state index is 0.718. The highest BCUT2D eigenvalue weighted by Gasteiger charge is 2.35. The molecular formula is C27H20N4. The maximum atomic E-state index is 4.78. The number of nitrogens with zero attached hydrogens (tertiary/aromatic N) is 2. The summed E-state index contributed by atoms with van der Waals surface area (Å²) in [5, 5.41) is 11.5. The number of rotatable bonds is 3. The van der Waals surface area contributed by atoms with Crippen LogP contribution in [0.25, 0.3) is 27.5 Å². The predicted octanol–water partition coefficient (Wildman–Crippen LogP) is 6.58. The maximum absolute atomic E-state index is 4.78. The van der Waals surface area contributed by atoms with Crippen molar-refractivity contribution in [3.05, 3.63) is 126 Å². The van der Waals surface area contributed by atoms with Gasteiger partial charge in [0.05, 0.1) is 5.70 Å². The van der Waals surface area contributed by atoms with Crippen LogP contribution >= 0.6 is 0 Å². The number of para-hydroxylation sites is 1. The number of fused-ring (bicyclic) bond motifs is 3. The topological polar surface area (TPSA) is 52.5 Å². The van der Waals surface area contributed by atoms with Crippen molar-refractivity contribution in [1.82, 2.24) is 10.4 Å². The first-order valence-electron chi connectivity index (χ1n) is 10.4. The molecule has 0 radical (unpaired) electrons. The van der Waals surface area contributed by atoms with Crippen molar-refractivity contribution in [2.45, 2.75) is 5.54 Å². The van der Waals surface area contributed by atoms with Crippen molar-refractivity contribution in [3.63, 3.8) is 0 Å². The highest BCUT2D eigenvalue weighted by molar-refractivity contribution is 6.07. The minimum atomic E-state index is -0.718. The maximum Gasteiger partial charge on any atom is 0.154 e. The third-order valence-electron chi connectivity index (χ3n) is 5.98. The van der Waals surface area contributed by atoms with E-state index in [0.717, 1.165) is 33.4 Å². The fourth-order valence-electron chi connectivity index (χ4n) is 4.42. The van der Waals surface area contributed by atoms with Crippen LogP contribution in [0.5, 0.6) is 0 Å². The Morgan fingerprint density at radius 1 is 0.613 bits per heavy atom. The first-order chi connectivity index (χ1) is 15.3. The Bertz CT molecular complexity index is 1450. The van der Waals surface area contributed by atoms with Crippen LogP contribution in [0, 0.1) is 0 Å². The molecule has 1 aliphatic rings. The monoisotopic (exact) mass is 400 g/mol. The van der Waals surface area contributed by atoms with Crippen LogP contribution < -0.4 is 5.43 Å². The van der Waals surface area contributed by atoms with E-state index in [4.69, 9.17) is 5.11 Å². The molecule has 1 aromatic heterocycles. The van der Waals surface area contributed by atoms with E-state index < -0.39 is 5.54 Å². The SMILES string of the molecule is C1=C(c2ccccc2)NN=NC1(c1ccccc1)c1ccc2[nH]c3ccccc3c2c1. The van der Waals surface area contributed by atoms with Crippen molar-refractivity contribution in [1.29, 1.82) is 0 Å². The van der Waals surface area contributed by atoms with E-state index in [2.05, 4.69) is 101 Å². The molecule has 2 heterocycles. The van der Waals surface area contributed by atoms with E-state index in [1.165, 1.54) is 10.8 Å². The lowest BCUT2D eigenvalue weighted by Gasteiger charge is -2.30. The molecule has 2 N–H and O–H groups in total. The zero-order valence-electron chi connectivity index (χ0n) is 16.8. The van der Waals surface area contributed by atoms with Gasteiger partial charge < -0.3 is 4.98 Å². The largest absolute Gasteiger partial charge is 0.355 e. The molecule has 4 heteroatoms. The third-order valence-corrected chi connectivity index (χ3v) is 5.98. The molecule has 0 saturated carbocycles. The second-order valence-corrected chi connectivity index (χ2v) is 7.80. The molecule has 4 nitrogen and oxygen atoms in total. The molecule has 0 bridgehead atoms. The molecule has 0 fully saturated rings. The van der Waals surface area contributed by atoms with Crippen molar-refractivity contribution in [2.24, 2.45) is 10.3 Å². The fourth-order valence-corrected chi connectivity index (χ4v) is 4.42. The summed E-state index contributed by atoms with van der Waals surface area (Å²) in [6, 6.07) is 35.5. The number of benzene rings is 4. The Labute approximate surface area is 179 Å². The van der Waals surface area contributed by atoms with E-state index in [-0.39, 0.29) is 0 Å². The molecule has 1 aliphatic heterocycles. The molecular weight excluding hydrogens is 380 g/mol. The molecule has 1 unspecified atom stereocenters. The van der Waals surface area contributed by atoms with Crippen LogP contribution in [-0.2, 0) is 5.54 Å². The van der Waals surface area contributed by atoms with E-state index in [1.54, 1.807) is 0 Å².